The molecule has 20 heavy (non-hydrogen) atoms. The van der Waals surface area contributed by atoms with Gasteiger partial charge in [-0.3, -0.25) is 9.78 Å². The minimum atomic E-state index is -1.21. The summed E-state index contributed by atoms with van der Waals surface area (Å²) < 4.78 is 4.90. The minimum Gasteiger partial charge on any atom is -0.481 e. The molecule has 102 valence electrons. The van der Waals surface area contributed by atoms with Crippen LogP contribution in [0, 0.1) is 0 Å². The predicted octanol–water partition coefficient (Wildman–Crippen LogP) is 1.44. The maximum atomic E-state index is 12.0. The van der Waals surface area contributed by atoms with E-state index in [1.807, 2.05) is 0 Å². The van der Waals surface area contributed by atoms with E-state index in [1.54, 1.807) is 12.1 Å². The second kappa shape index (κ2) is 5.79. The van der Waals surface area contributed by atoms with Gasteiger partial charge in [-0.1, -0.05) is 0 Å². The Morgan fingerprint density at radius 2 is 2.05 bits per heavy atom. The molecule has 0 aliphatic rings. The smallest absolute Gasteiger partial charge is 0.338 e. The molecule has 0 bridgehead atoms. The number of aromatic nitrogens is 2. The fourth-order valence-corrected chi connectivity index (χ4v) is 1.52. The van der Waals surface area contributed by atoms with Crippen molar-refractivity contribution in [1.29, 1.82) is 0 Å². The standard InChI is InChI=1S/C13H11N3O4/c1-20-10-5-4-8(7-15-10)16-12(17)11-9(13(18)19)3-2-6-14-11/h2-7H,1H3,(H,16,17)(H,18,19). The van der Waals surface area contributed by atoms with Gasteiger partial charge in [0.25, 0.3) is 5.91 Å². The molecule has 0 fully saturated rings. The van der Waals surface area contributed by atoms with Crippen LogP contribution in [-0.2, 0) is 0 Å². The third kappa shape index (κ3) is 2.89. The fraction of sp³-hybridized carbons (Fsp3) is 0.0769. The zero-order valence-corrected chi connectivity index (χ0v) is 10.5. The molecule has 0 atom stereocenters. The topological polar surface area (TPSA) is 101 Å². The molecule has 0 unspecified atom stereocenters. The number of carbonyl (C=O) groups excluding carboxylic acids is 1. The van der Waals surface area contributed by atoms with Crippen molar-refractivity contribution >= 4 is 17.6 Å². The molecular weight excluding hydrogens is 262 g/mol. The van der Waals surface area contributed by atoms with Crippen LogP contribution in [0.5, 0.6) is 5.88 Å². The molecule has 1 amide bonds. The zero-order valence-electron chi connectivity index (χ0n) is 10.5. The Hall–Kier alpha value is -2.96. The Labute approximate surface area is 114 Å². The molecule has 2 heterocycles. The van der Waals surface area contributed by atoms with E-state index in [4.69, 9.17) is 9.84 Å². The summed E-state index contributed by atoms with van der Waals surface area (Å²) in [5.41, 5.74) is 0.0973. The number of nitrogens with one attached hydrogen (secondary N) is 1. The first-order valence-corrected chi connectivity index (χ1v) is 5.61. The quantitative estimate of drug-likeness (QED) is 0.873. The van der Waals surface area contributed by atoms with Crippen molar-refractivity contribution in [3.8, 4) is 5.88 Å². The van der Waals surface area contributed by atoms with Crippen molar-refractivity contribution < 1.29 is 19.4 Å². The van der Waals surface area contributed by atoms with Gasteiger partial charge < -0.3 is 15.2 Å². The molecule has 2 rings (SSSR count). The van der Waals surface area contributed by atoms with Gasteiger partial charge in [0.2, 0.25) is 5.88 Å². The average molecular weight is 273 g/mol. The summed E-state index contributed by atoms with van der Waals surface area (Å²) in [6, 6.07) is 5.94. The van der Waals surface area contributed by atoms with Crippen LogP contribution < -0.4 is 10.1 Å². The van der Waals surface area contributed by atoms with Gasteiger partial charge in [-0.15, -0.1) is 0 Å². The molecule has 0 aromatic carbocycles. The lowest BCUT2D eigenvalue weighted by Gasteiger charge is -2.07. The van der Waals surface area contributed by atoms with Gasteiger partial charge in [0.1, 0.15) is 5.69 Å². The summed E-state index contributed by atoms with van der Waals surface area (Å²) in [7, 11) is 1.48. The molecule has 0 spiro atoms. The summed E-state index contributed by atoms with van der Waals surface area (Å²) in [4.78, 5) is 30.7. The number of hydrogen-bond acceptors (Lipinski definition) is 5. The molecule has 0 saturated carbocycles. The van der Waals surface area contributed by atoms with Gasteiger partial charge >= 0.3 is 5.97 Å². The van der Waals surface area contributed by atoms with E-state index < -0.39 is 11.9 Å². The van der Waals surface area contributed by atoms with Gasteiger partial charge in [-0.2, -0.15) is 0 Å². The Morgan fingerprint density at radius 1 is 1.25 bits per heavy atom. The number of aromatic carboxylic acids is 1. The van der Waals surface area contributed by atoms with Crippen LogP contribution in [0.4, 0.5) is 5.69 Å². The Balaban J connectivity index is 2.21. The highest BCUT2D eigenvalue weighted by Gasteiger charge is 2.17. The van der Waals surface area contributed by atoms with Crippen molar-refractivity contribution in [3.05, 3.63) is 47.9 Å². The lowest BCUT2D eigenvalue weighted by molar-refractivity contribution is 0.0691. The van der Waals surface area contributed by atoms with Crippen molar-refractivity contribution in [3.63, 3.8) is 0 Å². The van der Waals surface area contributed by atoms with Crippen molar-refractivity contribution in [2.24, 2.45) is 0 Å². The number of hydrogen-bond donors (Lipinski definition) is 2. The number of carboxylic acids is 1. The van der Waals surface area contributed by atoms with Crippen molar-refractivity contribution in [2.75, 3.05) is 12.4 Å². The normalized spacial score (nSPS) is 9.85. The highest BCUT2D eigenvalue weighted by molar-refractivity contribution is 6.09. The van der Waals surface area contributed by atoms with Gasteiger partial charge in [-0.25, -0.2) is 9.78 Å². The largest absolute Gasteiger partial charge is 0.481 e. The van der Waals surface area contributed by atoms with Crippen LogP contribution in [0.3, 0.4) is 0 Å². The number of carbonyl (C=O) groups is 2. The van der Waals surface area contributed by atoms with E-state index in [1.165, 1.54) is 31.6 Å². The van der Waals surface area contributed by atoms with Gasteiger partial charge in [0, 0.05) is 12.3 Å². The summed E-state index contributed by atoms with van der Waals surface area (Å²) >= 11 is 0. The first kappa shape index (κ1) is 13.5. The van der Waals surface area contributed by atoms with Crippen LogP contribution in [0.2, 0.25) is 0 Å². The number of pyridine rings is 2. The average Bonchev–Trinajstić information content (AvgIpc) is 2.48. The number of methoxy groups -OCH3 is 1. The first-order valence-electron chi connectivity index (χ1n) is 5.61. The lowest BCUT2D eigenvalue weighted by atomic mass is 10.2. The number of carboxylic acid groups (broad SMARTS) is 1. The van der Waals surface area contributed by atoms with Crippen LogP contribution in [0.25, 0.3) is 0 Å². The summed E-state index contributed by atoms with van der Waals surface area (Å²) in [5, 5.41) is 11.5. The molecule has 7 nitrogen and oxygen atoms in total. The molecule has 0 aliphatic carbocycles. The molecule has 0 saturated heterocycles. The SMILES string of the molecule is COc1ccc(NC(=O)c2ncccc2C(=O)O)cn1. The molecule has 7 heteroatoms. The Kier molecular flexibility index (Phi) is 3.90. The molecule has 0 aliphatic heterocycles. The first-order chi connectivity index (χ1) is 9.61. The van der Waals surface area contributed by atoms with E-state index in [2.05, 4.69) is 15.3 Å². The maximum absolute atomic E-state index is 12.0. The highest BCUT2D eigenvalue weighted by atomic mass is 16.5. The number of anilines is 1. The van der Waals surface area contributed by atoms with E-state index >= 15 is 0 Å². The number of nitrogens with zero attached hydrogens (tertiary/aromatic N) is 2. The van der Waals surface area contributed by atoms with E-state index in [0.29, 0.717) is 11.6 Å². The molecule has 2 N–H and O–H groups in total. The van der Waals surface area contributed by atoms with Crippen LogP contribution >= 0.6 is 0 Å². The van der Waals surface area contributed by atoms with Crippen LogP contribution in [-0.4, -0.2) is 34.1 Å². The van der Waals surface area contributed by atoms with E-state index in [-0.39, 0.29) is 11.3 Å². The van der Waals surface area contributed by atoms with Crippen LogP contribution in [0.1, 0.15) is 20.8 Å². The van der Waals surface area contributed by atoms with E-state index in [9.17, 15) is 9.59 Å². The van der Waals surface area contributed by atoms with Gasteiger partial charge in [0.05, 0.1) is 24.6 Å². The van der Waals surface area contributed by atoms with Gasteiger partial charge in [-0.05, 0) is 18.2 Å². The summed E-state index contributed by atoms with van der Waals surface area (Å²) in [5.74, 6) is -1.42. The molecule has 2 aromatic heterocycles. The van der Waals surface area contributed by atoms with E-state index in [0.717, 1.165) is 0 Å². The monoisotopic (exact) mass is 273 g/mol. The van der Waals surface area contributed by atoms with Crippen molar-refractivity contribution in [1.82, 2.24) is 9.97 Å². The summed E-state index contributed by atoms with van der Waals surface area (Å²) in [6.45, 7) is 0. The predicted molar refractivity (Wildman–Crippen MR) is 69.9 cm³/mol. The second-order valence-corrected chi connectivity index (χ2v) is 3.75. The third-order valence-corrected chi connectivity index (χ3v) is 2.46. The summed E-state index contributed by atoms with van der Waals surface area (Å²) in [6.07, 6.45) is 2.76. The number of rotatable bonds is 4. The highest BCUT2D eigenvalue weighted by Crippen LogP contribution is 2.13. The molecule has 2 aromatic rings. The minimum absolute atomic E-state index is 0.157. The molecule has 0 radical (unpaired) electrons. The van der Waals surface area contributed by atoms with Crippen LogP contribution in [0.15, 0.2) is 36.7 Å². The molecular formula is C13H11N3O4. The second-order valence-electron chi connectivity index (χ2n) is 3.75. The maximum Gasteiger partial charge on any atom is 0.338 e. The van der Waals surface area contributed by atoms with Crippen molar-refractivity contribution in [2.45, 2.75) is 0 Å². The lowest BCUT2D eigenvalue weighted by Crippen LogP contribution is -2.18. The fourth-order valence-electron chi connectivity index (χ4n) is 1.52. The number of amides is 1. The Bertz CT molecular complexity index is 640. The Morgan fingerprint density at radius 3 is 2.65 bits per heavy atom. The zero-order chi connectivity index (χ0) is 14.5. The van der Waals surface area contributed by atoms with Gasteiger partial charge in [0.15, 0.2) is 0 Å². The third-order valence-electron chi connectivity index (χ3n) is 2.46. The number of ether oxygens (including phenoxy) is 1.